The van der Waals surface area contributed by atoms with Crippen molar-refractivity contribution in [1.29, 1.82) is 0 Å². The van der Waals surface area contributed by atoms with Crippen LogP contribution in [0, 0.1) is 0 Å². The van der Waals surface area contributed by atoms with E-state index in [4.69, 9.17) is 4.42 Å². The van der Waals surface area contributed by atoms with Gasteiger partial charge in [-0.05, 0) is 25.0 Å². The van der Waals surface area contributed by atoms with Gasteiger partial charge >= 0.3 is 12.2 Å². The van der Waals surface area contributed by atoms with E-state index in [1.165, 1.54) is 6.07 Å². The first-order chi connectivity index (χ1) is 11.8. The van der Waals surface area contributed by atoms with Crippen LogP contribution in [0.2, 0.25) is 0 Å². The Morgan fingerprint density at radius 3 is 2.52 bits per heavy atom. The first-order valence-electron chi connectivity index (χ1n) is 7.85. The fourth-order valence-corrected chi connectivity index (χ4v) is 3.21. The third-order valence-corrected chi connectivity index (χ3v) is 4.46. The van der Waals surface area contributed by atoms with Gasteiger partial charge in [0.15, 0.2) is 5.76 Å². The van der Waals surface area contributed by atoms with Crippen LogP contribution in [0.15, 0.2) is 22.8 Å². The van der Waals surface area contributed by atoms with Gasteiger partial charge in [-0.1, -0.05) is 19.3 Å². The molecule has 0 spiro atoms. The molecule has 1 atom stereocenters. The van der Waals surface area contributed by atoms with Crippen molar-refractivity contribution in [2.45, 2.75) is 50.0 Å². The lowest BCUT2D eigenvalue weighted by Gasteiger charge is -2.32. The van der Waals surface area contributed by atoms with Crippen molar-refractivity contribution in [1.82, 2.24) is 15.5 Å². The van der Waals surface area contributed by atoms with E-state index in [1.807, 2.05) is 0 Å². The quantitative estimate of drug-likeness (QED) is 0.809. The molecule has 0 unspecified atom stereocenters. The van der Waals surface area contributed by atoms with Crippen LogP contribution in [0.3, 0.4) is 0 Å². The summed E-state index contributed by atoms with van der Waals surface area (Å²) in [7, 11) is 0. The van der Waals surface area contributed by atoms with Crippen LogP contribution < -0.4 is 10.6 Å². The first kappa shape index (κ1) is 17.3. The van der Waals surface area contributed by atoms with Crippen LogP contribution in [0.25, 0.3) is 0 Å². The fraction of sp³-hybridized carbons (Fsp3) is 0.533. The highest BCUT2D eigenvalue weighted by Crippen LogP contribution is 2.36. The van der Waals surface area contributed by atoms with Crippen LogP contribution in [0.5, 0.6) is 0 Å². The molecular formula is C15H16F3N3O4. The van der Waals surface area contributed by atoms with Gasteiger partial charge in [0.1, 0.15) is 0 Å². The molecular weight excluding hydrogens is 343 g/mol. The van der Waals surface area contributed by atoms with E-state index in [1.54, 1.807) is 10.6 Å². The van der Waals surface area contributed by atoms with E-state index < -0.39 is 41.5 Å². The summed E-state index contributed by atoms with van der Waals surface area (Å²) >= 11 is 0. The molecule has 1 aliphatic carbocycles. The molecule has 4 amide bonds. The molecule has 1 aromatic rings. The maximum Gasteiger partial charge on any atom is 0.440 e. The number of halogens is 3. The molecule has 2 fully saturated rings. The zero-order valence-corrected chi connectivity index (χ0v) is 13.1. The second-order valence-corrected chi connectivity index (χ2v) is 6.08. The van der Waals surface area contributed by atoms with Gasteiger partial charge in [0.2, 0.25) is 0 Å². The molecule has 2 heterocycles. The highest BCUT2D eigenvalue weighted by Gasteiger charge is 2.69. The van der Waals surface area contributed by atoms with Crippen molar-refractivity contribution in [3.8, 4) is 0 Å². The third-order valence-electron chi connectivity index (χ3n) is 4.46. The van der Waals surface area contributed by atoms with Crippen LogP contribution in [-0.2, 0) is 4.79 Å². The number of urea groups is 1. The molecule has 3 rings (SSSR count). The number of hydrogen-bond donors (Lipinski definition) is 2. The van der Waals surface area contributed by atoms with Crippen molar-refractivity contribution in [3.05, 3.63) is 24.2 Å². The number of nitrogens with zero attached hydrogens (tertiary/aromatic N) is 1. The van der Waals surface area contributed by atoms with Gasteiger partial charge in [0.05, 0.1) is 6.26 Å². The van der Waals surface area contributed by atoms with Crippen LogP contribution in [0.4, 0.5) is 18.0 Å². The number of rotatable bonds is 3. The Balaban J connectivity index is 1.92. The smallest absolute Gasteiger partial charge is 0.440 e. The van der Waals surface area contributed by atoms with Crippen molar-refractivity contribution in [2.75, 3.05) is 0 Å². The van der Waals surface area contributed by atoms with Crippen molar-refractivity contribution < 1.29 is 32.0 Å². The molecule has 1 saturated carbocycles. The third kappa shape index (κ3) is 2.85. The van der Waals surface area contributed by atoms with E-state index in [2.05, 4.69) is 0 Å². The molecule has 136 valence electrons. The maximum atomic E-state index is 13.7. The minimum absolute atomic E-state index is 0.401. The summed E-state index contributed by atoms with van der Waals surface area (Å²) in [5.41, 5.74) is -3.49. The standard InChI is InChI=1S/C15H16F3N3O4/c16-15(17,18)14(19-11(22)10-7-4-8-25-10)12(23)21(13(24)20-14)9-5-2-1-3-6-9/h4,7-9H,1-3,5-6H2,(H,19,22)(H,20,24)/t14-/m1/s1. The van der Waals surface area contributed by atoms with E-state index in [-0.39, 0.29) is 0 Å². The molecule has 2 N–H and O–H groups in total. The summed E-state index contributed by atoms with van der Waals surface area (Å²) in [6, 6.07) is 0.706. The zero-order chi connectivity index (χ0) is 18.2. The lowest BCUT2D eigenvalue weighted by atomic mass is 9.94. The lowest BCUT2D eigenvalue weighted by Crippen LogP contribution is -2.69. The number of nitrogens with one attached hydrogen (secondary N) is 2. The Morgan fingerprint density at radius 1 is 1.28 bits per heavy atom. The Hall–Kier alpha value is -2.52. The predicted octanol–water partition coefficient (Wildman–Crippen LogP) is 2.15. The van der Waals surface area contributed by atoms with Gasteiger partial charge in [-0.25, -0.2) is 4.79 Å². The molecule has 0 bridgehead atoms. The monoisotopic (exact) mass is 359 g/mol. The molecule has 0 radical (unpaired) electrons. The number of furan rings is 1. The number of amides is 4. The largest absolute Gasteiger partial charge is 0.459 e. The number of carbonyl (C=O) groups is 3. The highest BCUT2D eigenvalue weighted by molar-refractivity contribution is 6.10. The molecule has 1 saturated heterocycles. The normalized spacial score (nSPS) is 25.2. The number of imide groups is 1. The number of carbonyl (C=O) groups excluding carboxylic acids is 3. The molecule has 1 aliphatic heterocycles. The van der Waals surface area contributed by atoms with Gasteiger partial charge in [-0.3, -0.25) is 19.8 Å². The van der Waals surface area contributed by atoms with Gasteiger partial charge in [-0.2, -0.15) is 13.2 Å². The second-order valence-electron chi connectivity index (χ2n) is 6.08. The minimum Gasteiger partial charge on any atom is -0.459 e. The summed E-state index contributed by atoms with van der Waals surface area (Å²) < 4.78 is 45.8. The Bertz CT molecular complexity index is 683. The molecule has 0 aromatic carbocycles. The van der Waals surface area contributed by atoms with Crippen molar-refractivity contribution >= 4 is 17.8 Å². The zero-order valence-electron chi connectivity index (χ0n) is 13.1. The molecule has 7 nitrogen and oxygen atoms in total. The molecule has 1 aromatic heterocycles. The minimum atomic E-state index is -5.22. The Morgan fingerprint density at radius 2 is 1.96 bits per heavy atom. The van der Waals surface area contributed by atoms with Gasteiger partial charge in [-0.15, -0.1) is 0 Å². The Labute approximate surface area is 140 Å². The summed E-state index contributed by atoms with van der Waals surface area (Å²) in [6.07, 6.45) is -0.874. The molecule has 25 heavy (non-hydrogen) atoms. The number of alkyl halides is 3. The van der Waals surface area contributed by atoms with E-state index in [9.17, 15) is 27.6 Å². The summed E-state index contributed by atoms with van der Waals surface area (Å²) in [5.74, 6) is -3.17. The van der Waals surface area contributed by atoms with E-state index >= 15 is 0 Å². The van der Waals surface area contributed by atoms with Crippen molar-refractivity contribution in [2.24, 2.45) is 0 Å². The number of hydrogen-bond acceptors (Lipinski definition) is 4. The lowest BCUT2D eigenvalue weighted by molar-refractivity contribution is -0.200. The van der Waals surface area contributed by atoms with Gasteiger partial charge in [0.25, 0.3) is 17.5 Å². The predicted molar refractivity (Wildman–Crippen MR) is 77.2 cm³/mol. The molecule has 2 aliphatic rings. The summed E-state index contributed by atoms with van der Waals surface area (Å²) in [6.45, 7) is 0. The summed E-state index contributed by atoms with van der Waals surface area (Å²) in [4.78, 5) is 37.3. The second kappa shape index (κ2) is 6.08. The maximum absolute atomic E-state index is 13.7. The topological polar surface area (TPSA) is 91.7 Å². The first-order valence-corrected chi connectivity index (χ1v) is 7.85. The highest BCUT2D eigenvalue weighted by atomic mass is 19.4. The van der Waals surface area contributed by atoms with Crippen LogP contribution >= 0.6 is 0 Å². The summed E-state index contributed by atoms with van der Waals surface area (Å²) in [5, 5.41) is 3.24. The van der Waals surface area contributed by atoms with Gasteiger partial charge in [0, 0.05) is 6.04 Å². The Kier molecular flexibility index (Phi) is 4.21. The van der Waals surface area contributed by atoms with Crippen LogP contribution in [0.1, 0.15) is 42.7 Å². The average Bonchev–Trinajstić information content (AvgIpc) is 3.16. The fourth-order valence-electron chi connectivity index (χ4n) is 3.21. The van der Waals surface area contributed by atoms with Crippen molar-refractivity contribution in [3.63, 3.8) is 0 Å². The van der Waals surface area contributed by atoms with E-state index in [0.717, 1.165) is 31.6 Å². The molecule has 10 heteroatoms. The van der Waals surface area contributed by atoms with Gasteiger partial charge < -0.3 is 9.73 Å². The van der Waals surface area contributed by atoms with Crippen LogP contribution in [-0.4, -0.2) is 40.6 Å². The van der Waals surface area contributed by atoms with E-state index in [0.29, 0.717) is 17.7 Å². The average molecular weight is 359 g/mol. The SMILES string of the molecule is O=C(N[C@@]1(C(F)(F)F)NC(=O)N(C2CCCCC2)C1=O)c1ccco1.